The third-order valence-electron chi connectivity index (χ3n) is 4.17. The van der Waals surface area contributed by atoms with Crippen LogP contribution in [0, 0.1) is 11.7 Å². The molecule has 2 aromatic rings. The van der Waals surface area contributed by atoms with Crippen molar-refractivity contribution in [3.05, 3.63) is 51.2 Å². The molecule has 6 nitrogen and oxygen atoms in total. The van der Waals surface area contributed by atoms with Crippen LogP contribution in [-0.4, -0.2) is 37.8 Å². The Hall–Kier alpha value is -2.16. The van der Waals surface area contributed by atoms with Crippen molar-refractivity contribution in [1.82, 2.24) is 10.4 Å². The molecule has 0 unspecified atom stereocenters. The van der Waals surface area contributed by atoms with Gasteiger partial charge in [-0.25, -0.2) is 14.9 Å². The highest BCUT2D eigenvalue weighted by Crippen LogP contribution is 2.35. The average Bonchev–Trinajstić information content (AvgIpc) is 3.48. The van der Waals surface area contributed by atoms with Crippen LogP contribution in [0.25, 0.3) is 0 Å². The highest BCUT2D eigenvalue weighted by atomic mass is 79.9. The van der Waals surface area contributed by atoms with E-state index in [0.717, 1.165) is 17.3 Å². The quantitative estimate of drug-likeness (QED) is 0.305. The third kappa shape index (κ3) is 5.91. The van der Waals surface area contributed by atoms with Crippen molar-refractivity contribution in [3.8, 4) is 0 Å². The number of hydroxylamine groups is 1. The van der Waals surface area contributed by atoms with Crippen molar-refractivity contribution in [1.29, 1.82) is 0 Å². The molecule has 1 saturated carbocycles. The van der Waals surface area contributed by atoms with Crippen LogP contribution in [0.15, 0.2) is 39.8 Å². The summed E-state index contributed by atoms with van der Waals surface area (Å²) < 4.78 is 16.0. The van der Waals surface area contributed by atoms with Gasteiger partial charge in [0.2, 0.25) is 0 Å². The van der Waals surface area contributed by atoms with Crippen LogP contribution in [-0.2, 0) is 4.84 Å². The zero-order valence-corrected chi connectivity index (χ0v) is 18.3. The Morgan fingerprint density at radius 1 is 1.38 bits per heavy atom. The fraction of sp³-hybridized carbons (Fsp3) is 0.300. The number of aliphatic imine (C=N–C) groups is 1. The van der Waals surface area contributed by atoms with Gasteiger partial charge in [-0.1, -0.05) is 27.5 Å². The monoisotopic (exact) mass is 482 g/mol. The second-order valence-corrected chi connectivity index (χ2v) is 8.29. The molecule has 0 heterocycles. The second-order valence-electron chi connectivity index (χ2n) is 6.96. The number of benzene rings is 2. The summed E-state index contributed by atoms with van der Waals surface area (Å²) in [6.07, 6.45) is 3.67. The lowest BCUT2D eigenvalue weighted by Crippen LogP contribution is -2.25. The van der Waals surface area contributed by atoms with Crippen LogP contribution in [0.4, 0.5) is 21.5 Å². The Morgan fingerprint density at radius 2 is 2.14 bits per heavy atom. The molecule has 2 aromatic carbocycles. The maximum atomic E-state index is 15.2. The number of rotatable bonds is 8. The zero-order chi connectivity index (χ0) is 21.0. The van der Waals surface area contributed by atoms with Gasteiger partial charge in [0.05, 0.1) is 34.9 Å². The van der Waals surface area contributed by atoms with E-state index in [1.807, 2.05) is 0 Å². The molecule has 1 aliphatic carbocycles. The molecule has 29 heavy (non-hydrogen) atoms. The summed E-state index contributed by atoms with van der Waals surface area (Å²) in [5.74, 6) is -0.741. The lowest BCUT2D eigenvalue weighted by Gasteiger charge is -2.16. The van der Waals surface area contributed by atoms with E-state index in [1.165, 1.54) is 18.5 Å². The van der Waals surface area contributed by atoms with Crippen LogP contribution in [0.5, 0.6) is 0 Å². The molecule has 0 radical (unpaired) electrons. The molecular formula is C20H21BrClFN4O2. The number of nitrogens with one attached hydrogen (secondary N) is 2. The number of amides is 1. The summed E-state index contributed by atoms with van der Waals surface area (Å²) in [6.45, 7) is 0.445. The van der Waals surface area contributed by atoms with Gasteiger partial charge in [-0.3, -0.25) is 9.63 Å². The van der Waals surface area contributed by atoms with Crippen LogP contribution < -0.4 is 10.8 Å². The molecule has 0 spiro atoms. The molecule has 9 heteroatoms. The minimum atomic E-state index is -0.670. The summed E-state index contributed by atoms with van der Waals surface area (Å²) in [7, 11) is 3.56. The van der Waals surface area contributed by atoms with Crippen LogP contribution in [0.1, 0.15) is 23.2 Å². The lowest BCUT2D eigenvalue weighted by molar-refractivity contribution is 0.0271. The standard InChI is InChI=1S/C20H21BrClFN4O2/c1-27(2)11-24-17-8-6-14(20(28)26-29-10-12-3-4-12)19(18(17)23)25-16-7-5-13(21)9-15(16)22/h5-9,11-12,25H,3-4,10H2,1-2H3,(H,26,28). The van der Waals surface area contributed by atoms with Crippen molar-refractivity contribution in [3.63, 3.8) is 0 Å². The van der Waals surface area contributed by atoms with Crippen molar-refractivity contribution < 1.29 is 14.0 Å². The fourth-order valence-corrected chi connectivity index (χ4v) is 3.16. The number of anilines is 2. The topological polar surface area (TPSA) is 66.0 Å². The van der Waals surface area contributed by atoms with E-state index in [4.69, 9.17) is 16.4 Å². The molecule has 0 aliphatic heterocycles. The summed E-state index contributed by atoms with van der Waals surface area (Å²) in [6, 6.07) is 8.07. The van der Waals surface area contributed by atoms with E-state index < -0.39 is 11.7 Å². The van der Waals surface area contributed by atoms with Gasteiger partial charge in [-0.15, -0.1) is 0 Å². The predicted octanol–water partition coefficient (Wildman–Crippen LogP) is 5.28. The number of carbonyl (C=O) groups excluding carboxylic acids is 1. The molecule has 0 saturated heterocycles. The van der Waals surface area contributed by atoms with E-state index in [-0.39, 0.29) is 16.9 Å². The molecule has 1 amide bonds. The van der Waals surface area contributed by atoms with Gasteiger partial charge in [0.15, 0.2) is 5.82 Å². The Labute approximate surface area is 182 Å². The molecule has 0 atom stereocenters. The smallest absolute Gasteiger partial charge is 0.277 e. The summed E-state index contributed by atoms with van der Waals surface area (Å²) in [4.78, 5) is 23.7. The molecule has 3 rings (SSSR count). The minimum absolute atomic E-state index is 0.0323. The van der Waals surface area contributed by atoms with Crippen LogP contribution in [0.2, 0.25) is 5.02 Å². The van der Waals surface area contributed by atoms with Gasteiger partial charge in [0.25, 0.3) is 5.91 Å². The fourth-order valence-electron chi connectivity index (χ4n) is 2.44. The predicted molar refractivity (Wildman–Crippen MR) is 117 cm³/mol. The van der Waals surface area contributed by atoms with Crippen LogP contribution >= 0.6 is 27.5 Å². The van der Waals surface area contributed by atoms with Crippen molar-refractivity contribution in [2.45, 2.75) is 12.8 Å². The first-order chi connectivity index (χ1) is 13.8. The molecule has 154 valence electrons. The molecule has 1 fully saturated rings. The highest BCUT2D eigenvalue weighted by Gasteiger charge is 2.23. The summed E-state index contributed by atoms with van der Waals surface area (Å²) in [5.41, 5.74) is 2.98. The Bertz CT molecular complexity index is 935. The van der Waals surface area contributed by atoms with Gasteiger partial charge < -0.3 is 10.2 Å². The van der Waals surface area contributed by atoms with Crippen molar-refractivity contribution >= 4 is 56.8 Å². The zero-order valence-electron chi connectivity index (χ0n) is 16.0. The molecule has 0 aromatic heterocycles. The molecule has 1 aliphatic rings. The van der Waals surface area contributed by atoms with Gasteiger partial charge in [-0.05, 0) is 49.1 Å². The van der Waals surface area contributed by atoms with E-state index in [2.05, 4.69) is 31.7 Å². The number of hydrogen-bond donors (Lipinski definition) is 2. The number of carbonyl (C=O) groups is 1. The minimum Gasteiger partial charge on any atom is -0.369 e. The van der Waals surface area contributed by atoms with Crippen molar-refractivity contribution in [2.24, 2.45) is 10.9 Å². The largest absolute Gasteiger partial charge is 0.369 e. The number of nitrogens with zero attached hydrogens (tertiary/aromatic N) is 2. The first-order valence-corrected chi connectivity index (χ1v) is 10.2. The maximum Gasteiger partial charge on any atom is 0.277 e. The molecule has 0 bridgehead atoms. The highest BCUT2D eigenvalue weighted by molar-refractivity contribution is 9.10. The average molecular weight is 484 g/mol. The van der Waals surface area contributed by atoms with E-state index in [9.17, 15) is 4.79 Å². The first-order valence-electron chi connectivity index (χ1n) is 9.02. The summed E-state index contributed by atoms with van der Waals surface area (Å²) >= 11 is 9.59. The van der Waals surface area contributed by atoms with Gasteiger partial charge in [-0.2, -0.15) is 0 Å². The number of halogens is 3. The Morgan fingerprint density at radius 3 is 2.79 bits per heavy atom. The van der Waals surface area contributed by atoms with Gasteiger partial charge >= 0.3 is 0 Å². The second kappa shape index (κ2) is 9.56. The lowest BCUT2D eigenvalue weighted by atomic mass is 10.1. The Balaban J connectivity index is 1.92. The summed E-state index contributed by atoms with van der Waals surface area (Å²) in [5, 5.41) is 3.30. The normalized spacial score (nSPS) is 13.6. The van der Waals surface area contributed by atoms with E-state index in [1.54, 1.807) is 37.2 Å². The van der Waals surface area contributed by atoms with Gasteiger partial charge in [0.1, 0.15) is 5.69 Å². The van der Waals surface area contributed by atoms with E-state index >= 15 is 4.39 Å². The maximum absolute atomic E-state index is 15.2. The molecular weight excluding hydrogens is 463 g/mol. The van der Waals surface area contributed by atoms with Crippen molar-refractivity contribution in [2.75, 3.05) is 26.0 Å². The third-order valence-corrected chi connectivity index (χ3v) is 4.97. The number of hydrogen-bond acceptors (Lipinski definition) is 4. The van der Waals surface area contributed by atoms with E-state index in [0.29, 0.717) is 23.2 Å². The SMILES string of the molecule is CN(C)C=Nc1ccc(C(=O)NOCC2CC2)c(Nc2ccc(Br)cc2Cl)c1F. The molecule has 2 N–H and O–H groups in total. The van der Waals surface area contributed by atoms with Gasteiger partial charge in [0, 0.05) is 18.6 Å². The van der Waals surface area contributed by atoms with Crippen LogP contribution in [0.3, 0.4) is 0 Å². The Kier molecular flexibility index (Phi) is 7.10. The first kappa shape index (κ1) is 21.5.